The second-order valence-corrected chi connectivity index (χ2v) is 2.55. The van der Waals surface area contributed by atoms with E-state index >= 15 is 0 Å². The minimum atomic E-state index is -0.377. The van der Waals surface area contributed by atoms with Crippen molar-refractivity contribution in [3.8, 4) is 0 Å². The van der Waals surface area contributed by atoms with Gasteiger partial charge >= 0.3 is 0 Å². The van der Waals surface area contributed by atoms with Gasteiger partial charge in [-0.15, -0.1) is 0 Å². The number of aromatic nitrogens is 2. The zero-order valence-electron chi connectivity index (χ0n) is 7.57. The SMILES string of the molecule is CCC(N)c1nc(C(=O)NC)no1. The van der Waals surface area contributed by atoms with Crippen LogP contribution in [-0.2, 0) is 0 Å². The Bertz CT molecular complexity index is 296. The third-order valence-electron chi connectivity index (χ3n) is 1.63. The lowest BCUT2D eigenvalue weighted by Gasteiger charge is -1.98. The van der Waals surface area contributed by atoms with Crippen LogP contribution in [0, 0.1) is 0 Å². The minimum Gasteiger partial charge on any atom is -0.352 e. The van der Waals surface area contributed by atoms with Crippen LogP contribution in [0.4, 0.5) is 0 Å². The maximum Gasteiger partial charge on any atom is 0.292 e. The van der Waals surface area contributed by atoms with Gasteiger partial charge in [-0.1, -0.05) is 12.1 Å². The quantitative estimate of drug-likeness (QED) is 0.680. The first kappa shape index (κ1) is 9.66. The Morgan fingerprint density at radius 2 is 2.46 bits per heavy atom. The summed E-state index contributed by atoms with van der Waals surface area (Å²) in [6, 6.07) is -0.300. The highest BCUT2D eigenvalue weighted by atomic mass is 16.5. The number of amides is 1. The summed E-state index contributed by atoms with van der Waals surface area (Å²) in [5, 5.41) is 5.86. The van der Waals surface area contributed by atoms with Crippen LogP contribution < -0.4 is 11.1 Å². The average Bonchev–Trinajstić information content (AvgIpc) is 2.64. The van der Waals surface area contributed by atoms with Gasteiger partial charge in [-0.2, -0.15) is 4.98 Å². The molecule has 6 heteroatoms. The fourth-order valence-corrected chi connectivity index (χ4v) is 0.764. The van der Waals surface area contributed by atoms with E-state index in [1.54, 1.807) is 0 Å². The molecule has 0 saturated heterocycles. The molecular formula is C7H12N4O2. The number of nitrogens with one attached hydrogen (secondary N) is 1. The van der Waals surface area contributed by atoms with Gasteiger partial charge in [0.25, 0.3) is 11.7 Å². The molecule has 0 spiro atoms. The maximum absolute atomic E-state index is 11.0. The van der Waals surface area contributed by atoms with Crippen molar-refractivity contribution in [1.29, 1.82) is 0 Å². The average molecular weight is 184 g/mol. The van der Waals surface area contributed by atoms with Crippen molar-refractivity contribution < 1.29 is 9.32 Å². The molecule has 1 aromatic rings. The van der Waals surface area contributed by atoms with Crippen molar-refractivity contribution in [2.45, 2.75) is 19.4 Å². The molecule has 0 aliphatic heterocycles. The first-order chi connectivity index (χ1) is 6.19. The van der Waals surface area contributed by atoms with Crippen LogP contribution in [-0.4, -0.2) is 23.1 Å². The van der Waals surface area contributed by atoms with Crippen LogP contribution in [0.3, 0.4) is 0 Å². The van der Waals surface area contributed by atoms with Crippen LogP contribution in [0.2, 0.25) is 0 Å². The van der Waals surface area contributed by atoms with Gasteiger partial charge in [0.2, 0.25) is 5.89 Å². The fraction of sp³-hybridized carbons (Fsp3) is 0.571. The predicted octanol–water partition coefficient (Wildman–Crippen LogP) is -0.161. The number of rotatable bonds is 3. The molecule has 3 N–H and O–H groups in total. The van der Waals surface area contributed by atoms with Crippen LogP contribution in [0.1, 0.15) is 35.9 Å². The monoisotopic (exact) mass is 184 g/mol. The minimum absolute atomic E-state index is 0.0152. The molecule has 72 valence electrons. The van der Waals surface area contributed by atoms with Crippen molar-refractivity contribution in [3.63, 3.8) is 0 Å². The lowest BCUT2D eigenvalue weighted by atomic mass is 10.2. The highest BCUT2D eigenvalue weighted by molar-refractivity contribution is 5.89. The van der Waals surface area contributed by atoms with Crippen LogP contribution >= 0.6 is 0 Å². The molecule has 0 radical (unpaired) electrons. The molecule has 1 atom stereocenters. The molecule has 0 aliphatic rings. The largest absolute Gasteiger partial charge is 0.352 e. The number of hydrogen-bond acceptors (Lipinski definition) is 5. The van der Waals surface area contributed by atoms with Crippen LogP contribution in [0.15, 0.2) is 4.52 Å². The fourth-order valence-electron chi connectivity index (χ4n) is 0.764. The lowest BCUT2D eigenvalue weighted by molar-refractivity contribution is 0.0950. The zero-order valence-corrected chi connectivity index (χ0v) is 7.57. The first-order valence-electron chi connectivity index (χ1n) is 4.00. The number of carbonyl (C=O) groups is 1. The summed E-state index contributed by atoms with van der Waals surface area (Å²) in [6.07, 6.45) is 0.690. The standard InChI is InChI=1S/C7H12N4O2/c1-3-4(8)7-10-5(11-13-7)6(12)9-2/h4H,3,8H2,1-2H3,(H,9,12). The van der Waals surface area contributed by atoms with Crippen molar-refractivity contribution in [2.24, 2.45) is 5.73 Å². The summed E-state index contributed by atoms with van der Waals surface area (Å²) >= 11 is 0. The van der Waals surface area contributed by atoms with Crippen molar-refractivity contribution in [3.05, 3.63) is 11.7 Å². The van der Waals surface area contributed by atoms with Gasteiger partial charge in [-0.05, 0) is 6.42 Å². The Hall–Kier alpha value is -1.43. The van der Waals surface area contributed by atoms with E-state index in [4.69, 9.17) is 10.3 Å². The van der Waals surface area contributed by atoms with Gasteiger partial charge in [0.05, 0.1) is 6.04 Å². The molecule has 13 heavy (non-hydrogen) atoms. The number of nitrogens with zero attached hydrogens (tertiary/aromatic N) is 2. The highest BCUT2D eigenvalue weighted by Gasteiger charge is 2.16. The predicted molar refractivity (Wildman–Crippen MR) is 44.9 cm³/mol. The smallest absolute Gasteiger partial charge is 0.292 e. The summed E-state index contributed by atoms with van der Waals surface area (Å²) in [5.74, 6) is -0.0687. The molecule has 6 nitrogen and oxygen atoms in total. The van der Waals surface area contributed by atoms with E-state index in [0.717, 1.165) is 0 Å². The summed E-state index contributed by atoms with van der Waals surface area (Å²) in [4.78, 5) is 14.8. The summed E-state index contributed by atoms with van der Waals surface area (Å²) in [7, 11) is 1.50. The van der Waals surface area contributed by atoms with Crippen molar-refractivity contribution >= 4 is 5.91 Å². The van der Waals surface area contributed by atoms with Crippen LogP contribution in [0.5, 0.6) is 0 Å². The number of carbonyl (C=O) groups excluding carboxylic acids is 1. The summed E-state index contributed by atoms with van der Waals surface area (Å²) < 4.78 is 4.79. The van der Waals surface area contributed by atoms with E-state index in [0.29, 0.717) is 12.3 Å². The molecule has 1 rings (SSSR count). The topological polar surface area (TPSA) is 94.0 Å². The molecule has 1 heterocycles. The van der Waals surface area contributed by atoms with E-state index in [1.165, 1.54) is 7.05 Å². The Balaban J connectivity index is 2.80. The Kier molecular flexibility index (Phi) is 2.97. The molecule has 0 aromatic carbocycles. The number of nitrogens with two attached hydrogens (primary N) is 1. The Morgan fingerprint density at radius 1 is 1.77 bits per heavy atom. The van der Waals surface area contributed by atoms with Gasteiger partial charge < -0.3 is 15.6 Å². The lowest BCUT2D eigenvalue weighted by Crippen LogP contribution is -2.19. The van der Waals surface area contributed by atoms with Gasteiger partial charge in [0.15, 0.2) is 0 Å². The van der Waals surface area contributed by atoms with Crippen molar-refractivity contribution in [1.82, 2.24) is 15.5 Å². The summed E-state index contributed by atoms with van der Waals surface area (Å²) in [6.45, 7) is 1.90. The molecule has 0 fully saturated rings. The second-order valence-electron chi connectivity index (χ2n) is 2.55. The van der Waals surface area contributed by atoms with E-state index < -0.39 is 0 Å². The molecule has 0 saturated carbocycles. The molecule has 1 unspecified atom stereocenters. The molecule has 1 amide bonds. The second kappa shape index (κ2) is 3.99. The Morgan fingerprint density at radius 3 is 3.00 bits per heavy atom. The van der Waals surface area contributed by atoms with E-state index in [-0.39, 0.29) is 17.8 Å². The van der Waals surface area contributed by atoms with Gasteiger partial charge in [-0.3, -0.25) is 4.79 Å². The van der Waals surface area contributed by atoms with E-state index in [1.807, 2.05) is 6.92 Å². The third kappa shape index (κ3) is 2.03. The first-order valence-corrected chi connectivity index (χ1v) is 4.00. The Labute approximate surface area is 75.5 Å². The van der Waals surface area contributed by atoms with E-state index in [2.05, 4.69) is 15.5 Å². The molecule has 1 aromatic heterocycles. The zero-order chi connectivity index (χ0) is 9.84. The summed E-state index contributed by atoms with van der Waals surface area (Å²) in [5.41, 5.74) is 5.62. The molecule has 0 aliphatic carbocycles. The molecule has 0 bridgehead atoms. The highest BCUT2D eigenvalue weighted by Crippen LogP contribution is 2.10. The van der Waals surface area contributed by atoms with Crippen LogP contribution in [0.25, 0.3) is 0 Å². The third-order valence-corrected chi connectivity index (χ3v) is 1.63. The maximum atomic E-state index is 11.0. The molecular weight excluding hydrogens is 172 g/mol. The van der Waals surface area contributed by atoms with Gasteiger partial charge in [0, 0.05) is 7.05 Å². The van der Waals surface area contributed by atoms with Gasteiger partial charge in [0.1, 0.15) is 0 Å². The van der Waals surface area contributed by atoms with Gasteiger partial charge in [-0.25, -0.2) is 0 Å². The van der Waals surface area contributed by atoms with E-state index in [9.17, 15) is 4.79 Å². The normalized spacial score (nSPS) is 12.5. The number of hydrogen-bond donors (Lipinski definition) is 2. The van der Waals surface area contributed by atoms with Crippen molar-refractivity contribution in [2.75, 3.05) is 7.05 Å².